The molecule has 1 aromatic rings. The number of nitrogens with zero attached hydrogens (tertiary/aromatic N) is 1. The molecule has 0 aliphatic heterocycles. The summed E-state index contributed by atoms with van der Waals surface area (Å²) in [5.41, 5.74) is 2.63. The minimum Gasteiger partial charge on any atom is -0.310 e. The van der Waals surface area contributed by atoms with Crippen LogP contribution in [0.15, 0.2) is 17.3 Å². The molecule has 0 aromatic carbocycles. The summed E-state index contributed by atoms with van der Waals surface area (Å²) in [4.78, 5) is 4.57. The largest absolute Gasteiger partial charge is 0.310 e. The number of pyridine rings is 1. The Morgan fingerprint density at radius 2 is 2.29 bits per heavy atom. The molecule has 1 N–H and O–H groups in total. The lowest BCUT2D eigenvalue weighted by atomic mass is 10.2. The van der Waals surface area contributed by atoms with Gasteiger partial charge in [0.25, 0.3) is 0 Å². The van der Waals surface area contributed by atoms with Crippen LogP contribution in [0.25, 0.3) is 0 Å². The maximum atomic E-state index is 4.57. The molecule has 0 unspecified atom stereocenters. The van der Waals surface area contributed by atoms with E-state index in [-0.39, 0.29) is 0 Å². The van der Waals surface area contributed by atoms with Crippen LogP contribution in [0.2, 0.25) is 0 Å². The zero-order chi connectivity index (χ0) is 12.1. The molecule has 1 aliphatic rings. The van der Waals surface area contributed by atoms with Crippen molar-refractivity contribution in [2.45, 2.75) is 57.1 Å². The second-order valence-corrected chi connectivity index (χ2v) is 5.91. The molecule has 0 bridgehead atoms. The Kier molecular flexibility index (Phi) is 4.86. The van der Waals surface area contributed by atoms with Crippen LogP contribution in [-0.2, 0) is 6.54 Å². The zero-order valence-corrected chi connectivity index (χ0v) is 11.6. The molecule has 2 nitrogen and oxygen atoms in total. The van der Waals surface area contributed by atoms with Gasteiger partial charge in [-0.2, -0.15) is 0 Å². The molecule has 2 rings (SSSR count). The van der Waals surface area contributed by atoms with Crippen molar-refractivity contribution >= 4 is 11.8 Å². The van der Waals surface area contributed by atoms with Crippen molar-refractivity contribution in [2.75, 3.05) is 5.75 Å². The normalized spacial score (nSPS) is 15.2. The number of thioether (sulfide) groups is 1. The minimum absolute atomic E-state index is 0.772. The summed E-state index contributed by atoms with van der Waals surface area (Å²) < 4.78 is 0. The van der Waals surface area contributed by atoms with Gasteiger partial charge in [-0.3, -0.25) is 0 Å². The molecule has 0 saturated heterocycles. The number of aromatic nitrogens is 1. The van der Waals surface area contributed by atoms with E-state index in [1.807, 2.05) is 18.0 Å². The Bertz CT molecular complexity index is 361. The fourth-order valence-electron chi connectivity index (χ4n) is 1.73. The van der Waals surface area contributed by atoms with E-state index in [9.17, 15) is 0 Å². The summed E-state index contributed by atoms with van der Waals surface area (Å²) in [6, 6.07) is 3.05. The highest BCUT2D eigenvalue weighted by atomic mass is 32.2. The monoisotopic (exact) mass is 250 g/mol. The number of hydrogen-bond donors (Lipinski definition) is 1. The maximum Gasteiger partial charge on any atom is 0.0989 e. The Hall–Kier alpha value is -0.540. The average Bonchev–Trinajstić information content (AvgIpc) is 3.13. The van der Waals surface area contributed by atoms with Gasteiger partial charge in [-0.1, -0.05) is 19.4 Å². The molecule has 0 amide bonds. The first-order chi connectivity index (χ1) is 8.29. The first-order valence-electron chi connectivity index (χ1n) is 6.61. The number of aryl methyl sites for hydroxylation is 1. The van der Waals surface area contributed by atoms with Crippen molar-refractivity contribution in [3.8, 4) is 0 Å². The molecule has 0 spiro atoms. The quantitative estimate of drug-likeness (QED) is 0.592. The second kappa shape index (κ2) is 6.41. The zero-order valence-electron chi connectivity index (χ0n) is 10.8. The van der Waals surface area contributed by atoms with E-state index in [1.54, 1.807) is 0 Å². The van der Waals surface area contributed by atoms with Crippen LogP contribution in [0.1, 0.15) is 43.7 Å². The number of rotatable bonds is 7. The third kappa shape index (κ3) is 4.32. The van der Waals surface area contributed by atoms with E-state index in [4.69, 9.17) is 0 Å². The molecule has 0 atom stereocenters. The smallest absolute Gasteiger partial charge is 0.0989 e. The van der Waals surface area contributed by atoms with E-state index in [0.717, 1.165) is 12.6 Å². The van der Waals surface area contributed by atoms with Crippen molar-refractivity contribution < 1.29 is 0 Å². The average molecular weight is 250 g/mol. The highest BCUT2D eigenvalue weighted by Gasteiger charge is 2.19. The van der Waals surface area contributed by atoms with Crippen LogP contribution in [-0.4, -0.2) is 16.8 Å². The van der Waals surface area contributed by atoms with Gasteiger partial charge in [-0.25, -0.2) is 4.98 Å². The standard InChI is InChI=1S/C14H22N2S/c1-3-4-7-17-14-11(2)8-12(10-16-14)9-15-13-5-6-13/h8,10,13,15H,3-7,9H2,1-2H3. The predicted molar refractivity (Wildman–Crippen MR) is 74.5 cm³/mol. The minimum atomic E-state index is 0.772. The molecular weight excluding hydrogens is 228 g/mol. The summed E-state index contributed by atoms with van der Waals surface area (Å²) in [6.45, 7) is 5.37. The SMILES string of the molecule is CCCCSc1ncc(CNC2CC2)cc1C. The lowest BCUT2D eigenvalue weighted by Gasteiger charge is -2.07. The molecule has 1 aliphatic carbocycles. The van der Waals surface area contributed by atoms with E-state index in [2.05, 4.69) is 30.2 Å². The van der Waals surface area contributed by atoms with Crippen molar-refractivity contribution in [3.05, 3.63) is 23.4 Å². The second-order valence-electron chi connectivity index (χ2n) is 4.82. The summed E-state index contributed by atoms with van der Waals surface area (Å²) in [5, 5.41) is 4.73. The van der Waals surface area contributed by atoms with Gasteiger partial charge in [-0.15, -0.1) is 11.8 Å². The van der Waals surface area contributed by atoms with Crippen LogP contribution >= 0.6 is 11.8 Å². The van der Waals surface area contributed by atoms with Gasteiger partial charge in [0.1, 0.15) is 0 Å². The number of hydrogen-bond acceptors (Lipinski definition) is 3. The third-order valence-electron chi connectivity index (χ3n) is 3.00. The molecule has 94 valence electrons. The van der Waals surface area contributed by atoms with Gasteiger partial charge in [0.2, 0.25) is 0 Å². The summed E-state index contributed by atoms with van der Waals surface area (Å²) in [7, 11) is 0. The molecule has 17 heavy (non-hydrogen) atoms. The first kappa shape index (κ1) is 12.9. The molecule has 1 saturated carbocycles. The molecule has 1 aromatic heterocycles. The topological polar surface area (TPSA) is 24.9 Å². The molecule has 1 fully saturated rings. The number of unbranched alkanes of at least 4 members (excludes halogenated alkanes) is 1. The lowest BCUT2D eigenvalue weighted by Crippen LogP contribution is -2.15. The Morgan fingerprint density at radius 1 is 1.47 bits per heavy atom. The van der Waals surface area contributed by atoms with Crippen LogP contribution in [0, 0.1) is 6.92 Å². The van der Waals surface area contributed by atoms with Gasteiger partial charge in [0, 0.05) is 18.8 Å². The van der Waals surface area contributed by atoms with Crippen molar-refractivity contribution in [1.82, 2.24) is 10.3 Å². The summed E-state index contributed by atoms with van der Waals surface area (Å²) in [5.74, 6) is 1.18. The molecule has 3 heteroatoms. The maximum absolute atomic E-state index is 4.57. The van der Waals surface area contributed by atoms with Gasteiger partial charge in [-0.05, 0) is 43.1 Å². The fraction of sp³-hybridized carbons (Fsp3) is 0.643. The number of nitrogens with one attached hydrogen (secondary N) is 1. The van der Waals surface area contributed by atoms with Crippen LogP contribution in [0.3, 0.4) is 0 Å². The van der Waals surface area contributed by atoms with Gasteiger partial charge in [0.15, 0.2) is 0 Å². The van der Waals surface area contributed by atoms with Crippen LogP contribution in [0.5, 0.6) is 0 Å². The van der Waals surface area contributed by atoms with E-state index in [0.29, 0.717) is 0 Å². The molecule has 0 radical (unpaired) electrons. The van der Waals surface area contributed by atoms with E-state index >= 15 is 0 Å². The summed E-state index contributed by atoms with van der Waals surface area (Å²) >= 11 is 1.89. The van der Waals surface area contributed by atoms with Crippen molar-refractivity contribution in [1.29, 1.82) is 0 Å². The highest BCUT2D eigenvalue weighted by Crippen LogP contribution is 2.23. The highest BCUT2D eigenvalue weighted by molar-refractivity contribution is 7.99. The van der Waals surface area contributed by atoms with E-state index < -0.39 is 0 Å². The predicted octanol–water partition coefficient (Wildman–Crippen LogP) is 3.53. The third-order valence-corrected chi connectivity index (χ3v) is 4.19. The van der Waals surface area contributed by atoms with Crippen LogP contribution < -0.4 is 5.32 Å². The van der Waals surface area contributed by atoms with Crippen molar-refractivity contribution in [3.63, 3.8) is 0 Å². The van der Waals surface area contributed by atoms with E-state index in [1.165, 1.54) is 47.6 Å². The fourth-order valence-corrected chi connectivity index (χ4v) is 2.77. The molecule has 1 heterocycles. The van der Waals surface area contributed by atoms with Crippen molar-refractivity contribution in [2.24, 2.45) is 0 Å². The van der Waals surface area contributed by atoms with Gasteiger partial charge >= 0.3 is 0 Å². The Balaban J connectivity index is 1.85. The first-order valence-corrected chi connectivity index (χ1v) is 7.60. The lowest BCUT2D eigenvalue weighted by molar-refractivity contribution is 0.684. The Labute approximate surface area is 109 Å². The van der Waals surface area contributed by atoms with Gasteiger partial charge in [0.05, 0.1) is 5.03 Å². The van der Waals surface area contributed by atoms with Crippen LogP contribution in [0.4, 0.5) is 0 Å². The Morgan fingerprint density at radius 3 is 2.94 bits per heavy atom. The summed E-state index contributed by atoms with van der Waals surface area (Å²) in [6.07, 6.45) is 7.25. The molecular formula is C14H22N2S. The van der Waals surface area contributed by atoms with Gasteiger partial charge < -0.3 is 5.32 Å².